The molecule has 0 saturated carbocycles. The van der Waals surface area contributed by atoms with Gasteiger partial charge < -0.3 is 9.47 Å². The third kappa shape index (κ3) is 7.87. The fourth-order valence-electron chi connectivity index (χ4n) is 3.18. The Morgan fingerprint density at radius 1 is 1.21 bits per heavy atom. The molecule has 1 aliphatic heterocycles. The predicted molar refractivity (Wildman–Crippen MR) is 108 cm³/mol. The maximum atomic E-state index is 12.8. The maximum Gasteiger partial charge on any atom is 0.305 e. The van der Waals surface area contributed by atoms with Crippen molar-refractivity contribution in [3.8, 4) is 0 Å². The molecular formula is C20H32N2O5S. The minimum atomic E-state index is -3.59. The molecule has 1 aromatic carbocycles. The van der Waals surface area contributed by atoms with Crippen molar-refractivity contribution in [2.24, 2.45) is 0 Å². The molecule has 1 aromatic rings. The van der Waals surface area contributed by atoms with Crippen LogP contribution in [-0.2, 0) is 24.3 Å². The molecule has 1 aliphatic rings. The predicted octanol–water partition coefficient (Wildman–Crippen LogP) is 2.10. The number of unbranched alkanes of at least 4 members (excludes halogenated alkanes) is 1. The average molecular weight is 413 g/mol. The van der Waals surface area contributed by atoms with E-state index in [0.717, 1.165) is 25.1 Å². The molecule has 2 rings (SSSR count). The van der Waals surface area contributed by atoms with Gasteiger partial charge in [-0.1, -0.05) is 24.1 Å². The number of carbonyl (C=O) groups excluding carboxylic acids is 1. The highest BCUT2D eigenvalue weighted by Gasteiger charge is 2.23. The van der Waals surface area contributed by atoms with Crippen LogP contribution in [0.5, 0.6) is 0 Å². The van der Waals surface area contributed by atoms with Crippen LogP contribution in [0.15, 0.2) is 29.2 Å². The molecule has 0 radical (unpaired) electrons. The summed E-state index contributed by atoms with van der Waals surface area (Å²) in [5.74, 6) is -0.201. The second-order valence-corrected chi connectivity index (χ2v) is 8.81. The molecule has 1 fully saturated rings. The molecule has 158 valence electrons. The Kier molecular flexibility index (Phi) is 9.37. The smallest absolute Gasteiger partial charge is 0.305 e. The van der Waals surface area contributed by atoms with Gasteiger partial charge >= 0.3 is 5.97 Å². The highest BCUT2D eigenvalue weighted by atomic mass is 32.2. The molecule has 0 spiro atoms. The number of nitrogens with one attached hydrogen (secondary N) is 1. The van der Waals surface area contributed by atoms with Crippen LogP contribution < -0.4 is 4.72 Å². The zero-order valence-electron chi connectivity index (χ0n) is 16.9. The summed E-state index contributed by atoms with van der Waals surface area (Å²) in [4.78, 5) is 14.0. The van der Waals surface area contributed by atoms with E-state index in [-0.39, 0.29) is 16.9 Å². The zero-order valence-corrected chi connectivity index (χ0v) is 17.7. The van der Waals surface area contributed by atoms with Crippen LogP contribution in [0.25, 0.3) is 0 Å². The summed E-state index contributed by atoms with van der Waals surface area (Å²) in [5, 5.41) is 0. The van der Waals surface area contributed by atoms with E-state index in [0.29, 0.717) is 45.6 Å². The summed E-state index contributed by atoms with van der Waals surface area (Å²) >= 11 is 0. The van der Waals surface area contributed by atoms with E-state index in [4.69, 9.17) is 9.47 Å². The van der Waals surface area contributed by atoms with E-state index in [1.54, 1.807) is 31.2 Å². The second kappa shape index (κ2) is 11.5. The normalized spacial score (nSPS) is 16.6. The van der Waals surface area contributed by atoms with Crippen LogP contribution in [0.2, 0.25) is 0 Å². The lowest BCUT2D eigenvalue weighted by molar-refractivity contribution is -0.143. The number of benzene rings is 1. The first kappa shape index (κ1) is 22.8. The Bertz CT molecular complexity index is 700. The molecule has 1 unspecified atom stereocenters. The molecule has 1 atom stereocenters. The van der Waals surface area contributed by atoms with Crippen molar-refractivity contribution in [1.82, 2.24) is 9.62 Å². The minimum Gasteiger partial charge on any atom is -0.466 e. The van der Waals surface area contributed by atoms with Gasteiger partial charge in [-0.25, -0.2) is 13.1 Å². The first-order chi connectivity index (χ1) is 13.4. The number of sulfonamides is 1. The Balaban J connectivity index is 1.96. The lowest BCUT2D eigenvalue weighted by Gasteiger charge is -2.30. The van der Waals surface area contributed by atoms with E-state index in [1.807, 2.05) is 6.92 Å². The highest BCUT2D eigenvalue weighted by Crippen LogP contribution is 2.14. The second-order valence-electron chi connectivity index (χ2n) is 7.10. The van der Waals surface area contributed by atoms with E-state index >= 15 is 0 Å². The monoisotopic (exact) mass is 412 g/mol. The molecule has 1 N–H and O–H groups in total. The lowest BCUT2D eigenvalue weighted by Crippen LogP contribution is -2.47. The molecule has 0 aromatic heterocycles. The van der Waals surface area contributed by atoms with Gasteiger partial charge in [0.1, 0.15) is 0 Å². The van der Waals surface area contributed by atoms with Crippen LogP contribution in [-0.4, -0.2) is 64.8 Å². The topological polar surface area (TPSA) is 84.9 Å². The Morgan fingerprint density at radius 3 is 2.54 bits per heavy atom. The number of carbonyl (C=O) groups is 1. The van der Waals surface area contributed by atoms with Crippen molar-refractivity contribution < 1.29 is 22.7 Å². The summed E-state index contributed by atoms with van der Waals surface area (Å²) in [6, 6.07) is 6.64. The molecular weight excluding hydrogens is 380 g/mol. The fraction of sp³-hybridized carbons (Fsp3) is 0.650. The van der Waals surface area contributed by atoms with Gasteiger partial charge in [-0.3, -0.25) is 9.69 Å². The molecule has 0 amide bonds. The van der Waals surface area contributed by atoms with Crippen LogP contribution in [0.1, 0.15) is 38.2 Å². The minimum absolute atomic E-state index is 0.201. The number of esters is 1. The van der Waals surface area contributed by atoms with Gasteiger partial charge in [-0.15, -0.1) is 0 Å². The van der Waals surface area contributed by atoms with Crippen molar-refractivity contribution in [1.29, 1.82) is 0 Å². The van der Waals surface area contributed by atoms with Crippen molar-refractivity contribution in [2.45, 2.75) is 50.5 Å². The first-order valence-electron chi connectivity index (χ1n) is 9.95. The SMILES string of the molecule is CCOC(=O)CCCCC(CN1CCOCC1)NS(=O)(=O)c1ccc(C)cc1. The Hall–Kier alpha value is -1.48. The molecule has 8 heteroatoms. The zero-order chi connectivity index (χ0) is 20.4. The maximum absolute atomic E-state index is 12.8. The number of hydrogen-bond donors (Lipinski definition) is 1. The van der Waals surface area contributed by atoms with Crippen molar-refractivity contribution in [2.75, 3.05) is 39.5 Å². The van der Waals surface area contributed by atoms with Gasteiger partial charge in [0, 0.05) is 32.1 Å². The van der Waals surface area contributed by atoms with E-state index in [2.05, 4.69) is 9.62 Å². The third-order valence-corrected chi connectivity index (χ3v) is 6.26. The standard InChI is InChI=1S/C20H32N2O5S/c1-3-27-20(23)7-5-4-6-18(16-22-12-14-26-15-13-22)21-28(24,25)19-10-8-17(2)9-11-19/h8-11,18,21H,3-7,12-16H2,1-2H3. The van der Waals surface area contributed by atoms with Crippen LogP contribution in [0, 0.1) is 6.92 Å². The number of rotatable bonds is 11. The van der Waals surface area contributed by atoms with Gasteiger partial charge in [0.15, 0.2) is 0 Å². The quantitative estimate of drug-likeness (QED) is 0.443. The summed E-state index contributed by atoms with van der Waals surface area (Å²) < 4.78 is 38.8. The number of nitrogens with zero attached hydrogens (tertiary/aromatic N) is 1. The Morgan fingerprint density at radius 2 is 1.89 bits per heavy atom. The van der Waals surface area contributed by atoms with Crippen molar-refractivity contribution in [3.63, 3.8) is 0 Å². The van der Waals surface area contributed by atoms with E-state index < -0.39 is 10.0 Å². The highest BCUT2D eigenvalue weighted by molar-refractivity contribution is 7.89. The summed E-state index contributed by atoms with van der Waals surface area (Å²) in [7, 11) is -3.59. The van der Waals surface area contributed by atoms with Crippen LogP contribution in [0.4, 0.5) is 0 Å². The number of morpholine rings is 1. The molecule has 1 saturated heterocycles. The van der Waals surface area contributed by atoms with Crippen molar-refractivity contribution >= 4 is 16.0 Å². The third-order valence-electron chi connectivity index (χ3n) is 4.72. The van der Waals surface area contributed by atoms with Crippen LogP contribution in [0.3, 0.4) is 0 Å². The summed E-state index contributed by atoms with van der Waals surface area (Å²) in [6.07, 6.45) is 2.47. The van der Waals surface area contributed by atoms with E-state index in [1.165, 1.54) is 0 Å². The summed E-state index contributed by atoms with van der Waals surface area (Å²) in [5.41, 5.74) is 1.02. The fourth-order valence-corrected chi connectivity index (χ4v) is 4.44. The molecule has 28 heavy (non-hydrogen) atoms. The van der Waals surface area contributed by atoms with Gasteiger partial charge in [0.2, 0.25) is 10.0 Å². The largest absolute Gasteiger partial charge is 0.466 e. The lowest BCUT2D eigenvalue weighted by atomic mass is 10.1. The Labute approximate surface area is 168 Å². The van der Waals surface area contributed by atoms with Crippen molar-refractivity contribution in [3.05, 3.63) is 29.8 Å². The van der Waals surface area contributed by atoms with Gasteiger partial charge in [-0.2, -0.15) is 0 Å². The molecule has 0 aliphatic carbocycles. The average Bonchev–Trinajstić information content (AvgIpc) is 2.66. The van der Waals surface area contributed by atoms with Gasteiger partial charge in [0.05, 0.1) is 24.7 Å². The number of hydrogen-bond acceptors (Lipinski definition) is 6. The van der Waals surface area contributed by atoms with E-state index in [9.17, 15) is 13.2 Å². The van der Waals surface area contributed by atoms with Gasteiger partial charge in [-0.05, 0) is 38.8 Å². The molecule has 0 bridgehead atoms. The number of ether oxygens (including phenoxy) is 2. The molecule has 7 nitrogen and oxygen atoms in total. The summed E-state index contributed by atoms with van der Waals surface area (Å²) in [6.45, 7) is 7.66. The number of aryl methyl sites for hydroxylation is 1. The van der Waals surface area contributed by atoms with Crippen LogP contribution >= 0.6 is 0 Å². The van der Waals surface area contributed by atoms with Gasteiger partial charge in [0.25, 0.3) is 0 Å². The first-order valence-corrected chi connectivity index (χ1v) is 11.4. The molecule has 1 heterocycles.